The predicted octanol–water partition coefficient (Wildman–Crippen LogP) is 1.55. The second kappa shape index (κ2) is 2.74. The molecule has 13 heavy (non-hydrogen) atoms. The molecule has 0 aliphatic rings. The van der Waals surface area contributed by atoms with E-state index in [1.807, 2.05) is 0 Å². The molecule has 2 rings (SSSR count). The molecular weight excluding hydrogens is 194 g/mol. The number of aromatic nitrogens is 1. The molecule has 4 nitrogen and oxygen atoms in total. The van der Waals surface area contributed by atoms with E-state index in [1.165, 1.54) is 12.1 Å². The van der Waals surface area contributed by atoms with Crippen molar-refractivity contribution in [1.29, 1.82) is 0 Å². The second-order valence-corrected chi connectivity index (χ2v) is 2.84. The highest BCUT2D eigenvalue weighted by atomic mass is 35.5. The number of fused-ring (bicyclic) bond motifs is 1. The first-order valence-corrected chi connectivity index (χ1v) is 3.84. The minimum atomic E-state index is -0.587. The maximum absolute atomic E-state index is 10.8. The lowest BCUT2D eigenvalue weighted by Crippen LogP contribution is -1.96. The Hall–Kier alpha value is -1.55. The van der Waals surface area contributed by atoms with E-state index >= 15 is 0 Å². The summed E-state index contributed by atoms with van der Waals surface area (Å²) in [6, 6.07) is 4.06. The van der Waals surface area contributed by atoms with Gasteiger partial charge in [0.1, 0.15) is 0 Å². The van der Waals surface area contributed by atoms with Crippen LogP contribution in [0.4, 0.5) is 0 Å². The summed E-state index contributed by atoms with van der Waals surface area (Å²) in [5.41, 5.74) is -0.548. The van der Waals surface area contributed by atoms with Crippen LogP contribution >= 0.6 is 11.6 Å². The van der Waals surface area contributed by atoms with E-state index in [9.17, 15) is 4.79 Å². The van der Waals surface area contributed by atoms with Crippen molar-refractivity contribution < 1.29 is 9.52 Å². The van der Waals surface area contributed by atoms with Gasteiger partial charge in [0.25, 0.3) is 0 Å². The van der Waals surface area contributed by atoms with Crippen LogP contribution in [0.15, 0.2) is 27.4 Å². The van der Waals surface area contributed by atoms with E-state index in [4.69, 9.17) is 21.1 Å². The summed E-state index contributed by atoms with van der Waals surface area (Å²) < 4.78 is 4.71. The molecule has 0 aliphatic heterocycles. The van der Waals surface area contributed by atoms with Gasteiger partial charge in [-0.05, 0) is 6.07 Å². The van der Waals surface area contributed by atoms with Crippen molar-refractivity contribution in [2.75, 3.05) is 0 Å². The Morgan fingerprint density at radius 2 is 2.23 bits per heavy atom. The van der Waals surface area contributed by atoms with Gasteiger partial charge >= 0.3 is 5.63 Å². The molecule has 0 radical (unpaired) electrons. The first-order chi connectivity index (χ1) is 6.16. The van der Waals surface area contributed by atoms with Gasteiger partial charge in [0.2, 0.25) is 11.6 Å². The lowest BCUT2D eigenvalue weighted by molar-refractivity contribution is 0.448. The zero-order valence-electron chi connectivity index (χ0n) is 6.32. The minimum Gasteiger partial charge on any atom is -0.493 e. The van der Waals surface area contributed by atoms with Gasteiger partial charge in [0.05, 0.1) is 10.4 Å². The molecule has 0 fully saturated rings. The summed E-state index contributed by atoms with van der Waals surface area (Å²) in [5, 5.41) is 9.76. The topological polar surface area (TPSA) is 63.3 Å². The van der Waals surface area contributed by atoms with Crippen LogP contribution in [0.2, 0.25) is 5.02 Å². The molecule has 0 saturated carbocycles. The lowest BCUT2D eigenvalue weighted by Gasteiger charge is -1.96. The highest BCUT2D eigenvalue weighted by Gasteiger charge is 2.04. The first-order valence-electron chi connectivity index (χ1n) is 3.46. The van der Waals surface area contributed by atoms with Crippen molar-refractivity contribution in [3.05, 3.63) is 33.6 Å². The summed E-state index contributed by atoms with van der Waals surface area (Å²) in [5.74, 6) is -0.210. The number of nitrogens with zero attached hydrogens (tertiary/aromatic N) is 1. The third-order valence-corrected chi connectivity index (χ3v) is 1.86. The van der Waals surface area contributed by atoms with Gasteiger partial charge in [-0.25, -0.2) is 4.79 Å². The third-order valence-electron chi connectivity index (χ3n) is 1.54. The quantitative estimate of drug-likeness (QED) is 0.696. The van der Waals surface area contributed by atoms with Gasteiger partial charge in [0, 0.05) is 12.1 Å². The van der Waals surface area contributed by atoms with E-state index < -0.39 is 5.63 Å². The lowest BCUT2D eigenvalue weighted by atomic mass is 10.3. The van der Waals surface area contributed by atoms with Crippen LogP contribution in [0.25, 0.3) is 11.1 Å². The van der Waals surface area contributed by atoms with Gasteiger partial charge in [0.15, 0.2) is 0 Å². The van der Waals surface area contributed by atoms with Crippen molar-refractivity contribution in [3.8, 4) is 5.88 Å². The molecule has 0 bridgehead atoms. The molecule has 0 aliphatic carbocycles. The third kappa shape index (κ3) is 1.36. The van der Waals surface area contributed by atoms with Crippen LogP contribution in [0.3, 0.4) is 0 Å². The van der Waals surface area contributed by atoms with E-state index in [-0.39, 0.29) is 16.6 Å². The maximum atomic E-state index is 10.8. The molecule has 0 atom stereocenters. The maximum Gasteiger partial charge on any atom is 0.339 e. The van der Waals surface area contributed by atoms with E-state index in [0.717, 1.165) is 6.07 Å². The molecule has 0 spiro atoms. The molecule has 5 heteroatoms. The smallest absolute Gasteiger partial charge is 0.339 e. The molecule has 0 amide bonds. The Labute approximate surface area is 77.4 Å². The number of rotatable bonds is 0. The normalized spacial score (nSPS) is 10.5. The van der Waals surface area contributed by atoms with Crippen molar-refractivity contribution in [2.24, 2.45) is 0 Å². The summed E-state index contributed by atoms with van der Waals surface area (Å²) in [6.07, 6.45) is 0. The minimum absolute atomic E-state index is 0.0394. The Kier molecular flexibility index (Phi) is 1.70. The van der Waals surface area contributed by atoms with Gasteiger partial charge in [-0.15, -0.1) is 0 Å². The molecule has 2 aromatic heterocycles. The fourth-order valence-corrected chi connectivity index (χ4v) is 1.23. The zero-order chi connectivity index (χ0) is 9.42. The van der Waals surface area contributed by atoms with Crippen LogP contribution < -0.4 is 5.63 Å². The monoisotopic (exact) mass is 197 g/mol. The molecule has 0 unspecified atom stereocenters. The fraction of sp³-hybridized carbons (Fsp3) is 0. The Morgan fingerprint density at radius 1 is 1.46 bits per heavy atom. The first kappa shape index (κ1) is 8.07. The number of halogens is 1. The van der Waals surface area contributed by atoms with E-state index in [1.54, 1.807) is 0 Å². The zero-order valence-corrected chi connectivity index (χ0v) is 7.08. The molecule has 0 aromatic carbocycles. The number of pyridine rings is 1. The van der Waals surface area contributed by atoms with Crippen molar-refractivity contribution in [1.82, 2.24) is 4.98 Å². The molecule has 1 N–H and O–H groups in total. The van der Waals surface area contributed by atoms with Crippen LogP contribution in [-0.2, 0) is 0 Å². The summed E-state index contributed by atoms with van der Waals surface area (Å²) >= 11 is 5.73. The average Bonchev–Trinajstić information content (AvgIpc) is 2.02. The van der Waals surface area contributed by atoms with Gasteiger partial charge in [-0.1, -0.05) is 11.6 Å². The summed E-state index contributed by atoms with van der Waals surface area (Å²) in [6.45, 7) is 0. The highest BCUT2D eigenvalue weighted by Crippen LogP contribution is 2.21. The number of hydrogen-bond acceptors (Lipinski definition) is 4. The molecule has 2 aromatic rings. The Balaban J connectivity index is 2.94. The summed E-state index contributed by atoms with van der Waals surface area (Å²) in [4.78, 5) is 14.4. The largest absolute Gasteiger partial charge is 0.493 e. The van der Waals surface area contributed by atoms with Crippen LogP contribution in [0.5, 0.6) is 5.88 Å². The fourth-order valence-electron chi connectivity index (χ4n) is 0.996. The van der Waals surface area contributed by atoms with Crippen LogP contribution in [-0.4, -0.2) is 10.1 Å². The molecule has 66 valence electrons. The number of hydrogen-bond donors (Lipinski definition) is 1. The van der Waals surface area contributed by atoms with Crippen molar-refractivity contribution >= 4 is 22.7 Å². The molecule has 2 heterocycles. The standard InChI is InChI=1S/C8H4ClNO3/c9-5-3-7(12)13-8-4(5)1-2-6(11)10-8/h1-3H,(H,10,11). The SMILES string of the molecule is O=c1cc(Cl)c2ccc(O)nc2o1. The predicted molar refractivity (Wildman–Crippen MR) is 47.0 cm³/mol. The van der Waals surface area contributed by atoms with Crippen molar-refractivity contribution in [2.45, 2.75) is 0 Å². The second-order valence-electron chi connectivity index (χ2n) is 2.44. The van der Waals surface area contributed by atoms with E-state index in [0.29, 0.717) is 5.39 Å². The Bertz CT molecular complexity index is 520. The van der Waals surface area contributed by atoms with Crippen LogP contribution in [0, 0.1) is 0 Å². The number of aromatic hydroxyl groups is 1. The Morgan fingerprint density at radius 3 is 3.00 bits per heavy atom. The molecule has 0 saturated heterocycles. The van der Waals surface area contributed by atoms with E-state index in [2.05, 4.69) is 4.98 Å². The average molecular weight is 198 g/mol. The van der Waals surface area contributed by atoms with Crippen LogP contribution in [0.1, 0.15) is 0 Å². The molecular formula is C8H4ClNO3. The van der Waals surface area contributed by atoms with Gasteiger partial charge in [-0.3, -0.25) is 0 Å². The van der Waals surface area contributed by atoms with Gasteiger partial charge < -0.3 is 9.52 Å². The van der Waals surface area contributed by atoms with Crippen molar-refractivity contribution in [3.63, 3.8) is 0 Å². The summed E-state index contributed by atoms with van der Waals surface area (Å²) in [7, 11) is 0. The highest BCUT2D eigenvalue weighted by molar-refractivity contribution is 6.35. The van der Waals surface area contributed by atoms with Gasteiger partial charge in [-0.2, -0.15) is 4.98 Å².